The van der Waals surface area contributed by atoms with Crippen LogP contribution in [-0.4, -0.2) is 34.7 Å². The Balaban J connectivity index is 1.63. The maximum atomic E-state index is 13.3. The van der Waals surface area contributed by atoms with E-state index in [1.54, 1.807) is 35.2 Å². The van der Waals surface area contributed by atoms with E-state index in [1.807, 2.05) is 24.3 Å². The van der Waals surface area contributed by atoms with Crippen LogP contribution in [0, 0.1) is 0 Å². The molecule has 1 atom stereocenters. The lowest BCUT2D eigenvalue weighted by Crippen LogP contribution is -2.30. The van der Waals surface area contributed by atoms with Crippen molar-refractivity contribution < 1.29 is 14.7 Å². The van der Waals surface area contributed by atoms with E-state index in [9.17, 15) is 14.7 Å². The molecule has 0 bridgehead atoms. The SMILES string of the molecule is O=Cc1ccc2[nH]c(C(=O)N3CC(CCl)c4c3cc(O)c3ccccc43)cc2c1. The van der Waals surface area contributed by atoms with Gasteiger partial charge in [0.25, 0.3) is 5.91 Å². The van der Waals surface area contributed by atoms with Crippen molar-refractivity contribution in [1.29, 1.82) is 0 Å². The largest absolute Gasteiger partial charge is 0.507 e. The summed E-state index contributed by atoms with van der Waals surface area (Å²) in [6, 6.07) is 16.2. The van der Waals surface area contributed by atoms with Gasteiger partial charge in [-0.15, -0.1) is 11.6 Å². The van der Waals surface area contributed by atoms with Crippen LogP contribution in [0.3, 0.4) is 0 Å². The number of anilines is 1. The number of aldehydes is 1. The summed E-state index contributed by atoms with van der Waals surface area (Å²) in [5, 5.41) is 13.0. The molecule has 144 valence electrons. The van der Waals surface area contributed by atoms with Gasteiger partial charge in [0.05, 0.1) is 5.69 Å². The second-order valence-corrected chi connectivity index (χ2v) is 7.60. The third-order valence-electron chi connectivity index (χ3n) is 5.59. The van der Waals surface area contributed by atoms with Gasteiger partial charge in [0.15, 0.2) is 0 Å². The Labute approximate surface area is 171 Å². The van der Waals surface area contributed by atoms with Crippen molar-refractivity contribution in [2.75, 3.05) is 17.3 Å². The molecule has 1 aliphatic rings. The first-order valence-corrected chi connectivity index (χ1v) is 9.84. The quantitative estimate of drug-likeness (QED) is 0.379. The molecule has 5 nitrogen and oxygen atoms in total. The molecule has 2 heterocycles. The van der Waals surface area contributed by atoms with Gasteiger partial charge in [-0.05, 0) is 35.2 Å². The Morgan fingerprint density at radius 1 is 1.17 bits per heavy atom. The van der Waals surface area contributed by atoms with Crippen LogP contribution in [0.1, 0.15) is 32.3 Å². The second kappa shape index (κ2) is 6.64. The van der Waals surface area contributed by atoms with Crippen LogP contribution < -0.4 is 4.90 Å². The number of hydrogen-bond acceptors (Lipinski definition) is 3. The van der Waals surface area contributed by atoms with Crippen molar-refractivity contribution in [2.24, 2.45) is 0 Å². The number of aromatic nitrogens is 1. The number of aromatic hydroxyl groups is 1. The number of rotatable bonds is 3. The zero-order valence-electron chi connectivity index (χ0n) is 15.4. The van der Waals surface area contributed by atoms with E-state index >= 15 is 0 Å². The maximum absolute atomic E-state index is 13.3. The summed E-state index contributed by atoms with van der Waals surface area (Å²) in [5.74, 6) is 0.296. The van der Waals surface area contributed by atoms with E-state index < -0.39 is 0 Å². The number of carbonyl (C=O) groups excluding carboxylic acids is 2. The molecular weight excluding hydrogens is 388 g/mol. The molecule has 1 aromatic heterocycles. The number of nitrogens with one attached hydrogen (secondary N) is 1. The summed E-state index contributed by atoms with van der Waals surface area (Å²) in [6.07, 6.45) is 0.781. The molecule has 0 radical (unpaired) electrons. The number of aromatic amines is 1. The van der Waals surface area contributed by atoms with Gasteiger partial charge in [0.1, 0.15) is 17.7 Å². The number of nitrogens with zero attached hydrogens (tertiary/aromatic N) is 1. The van der Waals surface area contributed by atoms with E-state index in [2.05, 4.69) is 4.98 Å². The smallest absolute Gasteiger partial charge is 0.274 e. The number of H-pyrrole nitrogens is 1. The Morgan fingerprint density at radius 3 is 2.72 bits per heavy atom. The molecule has 29 heavy (non-hydrogen) atoms. The van der Waals surface area contributed by atoms with Crippen LogP contribution in [0.4, 0.5) is 5.69 Å². The molecule has 0 spiro atoms. The molecule has 1 aliphatic heterocycles. The summed E-state index contributed by atoms with van der Waals surface area (Å²) in [6.45, 7) is 0.445. The average molecular weight is 405 g/mol. The van der Waals surface area contributed by atoms with Gasteiger partial charge in [-0.25, -0.2) is 0 Å². The number of alkyl halides is 1. The van der Waals surface area contributed by atoms with Crippen molar-refractivity contribution in [1.82, 2.24) is 4.98 Å². The Morgan fingerprint density at radius 2 is 1.97 bits per heavy atom. The number of hydrogen-bond donors (Lipinski definition) is 2. The topological polar surface area (TPSA) is 73.4 Å². The first-order chi connectivity index (χ1) is 14.1. The molecule has 0 saturated carbocycles. The van der Waals surface area contributed by atoms with E-state index in [-0.39, 0.29) is 17.6 Å². The molecule has 0 saturated heterocycles. The van der Waals surface area contributed by atoms with Crippen molar-refractivity contribution in [3.05, 3.63) is 71.4 Å². The van der Waals surface area contributed by atoms with Crippen LogP contribution in [0.2, 0.25) is 0 Å². The van der Waals surface area contributed by atoms with E-state index in [0.29, 0.717) is 29.4 Å². The molecule has 3 aromatic carbocycles. The highest BCUT2D eigenvalue weighted by molar-refractivity contribution is 6.19. The van der Waals surface area contributed by atoms with E-state index in [1.165, 1.54) is 0 Å². The second-order valence-electron chi connectivity index (χ2n) is 7.29. The molecule has 2 N–H and O–H groups in total. The van der Waals surface area contributed by atoms with Gasteiger partial charge >= 0.3 is 0 Å². The predicted molar refractivity (Wildman–Crippen MR) is 114 cm³/mol. The standard InChI is InChI=1S/C23H17ClN2O3/c24-10-15-11-26(20-9-21(28)16-3-1-2-4-17(16)22(15)20)23(29)19-8-14-7-13(12-27)5-6-18(14)25-19/h1-9,12,15,25,28H,10-11H2. The lowest BCUT2D eigenvalue weighted by molar-refractivity contribution is 0.0984. The summed E-state index contributed by atoms with van der Waals surface area (Å²) >= 11 is 6.25. The highest BCUT2D eigenvalue weighted by Crippen LogP contribution is 2.45. The molecule has 0 fully saturated rings. The third kappa shape index (κ3) is 2.69. The lowest BCUT2D eigenvalue weighted by atomic mass is 9.95. The molecule has 0 aliphatic carbocycles. The van der Waals surface area contributed by atoms with Gasteiger partial charge in [-0.2, -0.15) is 0 Å². The van der Waals surface area contributed by atoms with Crippen molar-refractivity contribution >= 4 is 51.2 Å². The van der Waals surface area contributed by atoms with E-state index in [0.717, 1.165) is 33.5 Å². The molecular formula is C23H17ClN2O3. The summed E-state index contributed by atoms with van der Waals surface area (Å²) in [4.78, 5) is 29.2. The Bertz CT molecular complexity index is 1290. The zero-order valence-corrected chi connectivity index (χ0v) is 16.1. The van der Waals surface area contributed by atoms with Crippen LogP contribution in [0.25, 0.3) is 21.7 Å². The van der Waals surface area contributed by atoms with Gasteiger partial charge in [0.2, 0.25) is 0 Å². The Kier molecular flexibility index (Phi) is 4.07. The van der Waals surface area contributed by atoms with Gasteiger partial charge < -0.3 is 15.0 Å². The molecule has 6 heteroatoms. The fraction of sp³-hybridized carbons (Fsp3) is 0.130. The first kappa shape index (κ1) is 17.8. The minimum atomic E-state index is -0.197. The number of phenolic OH excluding ortho intramolecular Hbond substituents is 1. The van der Waals surface area contributed by atoms with E-state index in [4.69, 9.17) is 11.6 Å². The average Bonchev–Trinajstić information content (AvgIpc) is 3.34. The Hall–Kier alpha value is -3.31. The minimum absolute atomic E-state index is 0.0211. The van der Waals surface area contributed by atoms with Crippen molar-refractivity contribution in [3.63, 3.8) is 0 Å². The molecule has 1 amide bonds. The number of phenols is 1. The summed E-state index contributed by atoms with van der Waals surface area (Å²) in [7, 11) is 0. The van der Waals surface area contributed by atoms with Crippen LogP contribution in [0.15, 0.2) is 54.6 Å². The van der Waals surface area contributed by atoms with Gasteiger partial charge in [-0.3, -0.25) is 9.59 Å². The van der Waals surface area contributed by atoms with Crippen LogP contribution >= 0.6 is 11.6 Å². The number of fused-ring (bicyclic) bond motifs is 4. The normalized spacial score (nSPS) is 15.8. The highest BCUT2D eigenvalue weighted by atomic mass is 35.5. The fourth-order valence-electron chi connectivity index (χ4n) is 4.23. The van der Waals surface area contributed by atoms with Gasteiger partial charge in [0, 0.05) is 46.3 Å². The molecule has 5 rings (SSSR count). The molecule has 1 unspecified atom stereocenters. The zero-order chi connectivity index (χ0) is 20.1. The van der Waals surface area contributed by atoms with Crippen molar-refractivity contribution in [3.8, 4) is 5.75 Å². The minimum Gasteiger partial charge on any atom is -0.507 e. The van der Waals surface area contributed by atoms with Crippen LogP contribution in [0.5, 0.6) is 5.75 Å². The summed E-state index contributed by atoms with van der Waals surface area (Å²) in [5.41, 5.74) is 3.44. The number of carbonyl (C=O) groups is 2. The monoisotopic (exact) mass is 404 g/mol. The van der Waals surface area contributed by atoms with Gasteiger partial charge in [-0.1, -0.05) is 24.3 Å². The third-order valence-corrected chi connectivity index (χ3v) is 5.96. The summed E-state index contributed by atoms with van der Waals surface area (Å²) < 4.78 is 0. The predicted octanol–water partition coefficient (Wildman–Crippen LogP) is 4.82. The first-order valence-electron chi connectivity index (χ1n) is 9.31. The fourth-order valence-corrected chi connectivity index (χ4v) is 4.48. The highest BCUT2D eigenvalue weighted by Gasteiger charge is 2.35. The van der Waals surface area contributed by atoms with Crippen LogP contribution in [-0.2, 0) is 0 Å². The number of amides is 1. The maximum Gasteiger partial charge on any atom is 0.274 e. The number of benzene rings is 3. The lowest BCUT2D eigenvalue weighted by Gasteiger charge is -2.17. The van der Waals surface area contributed by atoms with Crippen molar-refractivity contribution in [2.45, 2.75) is 5.92 Å². The molecule has 4 aromatic rings. The number of halogens is 1.